The average molecular weight is 102 g/mol. The Bertz CT molecular complexity index is 46.3. The number of hydrogen-bond acceptors (Lipinski definition) is 2. The fraction of sp³-hybridized carbons (Fsp3) is 0. The van der Waals surface area contributed by atoms with E-state index in [0.29, 0.717) is 0 Å². The van der Waals surface area contributed by atoms with Crippen LogP contribution in [0.1, 0.15) is 0 Å². The zero-order valence-electron chi connectivity index (χ0n) is 3.82. The molecule has 0 fully saturated rings. The van der Waals surface area contributed by atoms with E-state index in [2.05, 4.69) is 0 Å². The van der Waals surface area contributed by atoms with Crippen LogP contribution in [-0.4, -0.2) is 0 Å². The molecule has 0 amide bonds. The second-order valence-electron chi connectivity index (χ2n) is 0.204. The van der Waals surface area contributed by atoms with Crippen molar-refractivity contribution in [1.82, 2.24) is 0 Å². The average Bonchev–Trinajstić information content (AvgIpc) is 1.37. The molecular weight excluding hydrogens is 102 g/mol. The third-order valence-electron chi connectivity index (χ3n) is 0.0417. The normalized spacial score (nSPS) is 2.00. The molecule has 0 heterocycles. The Hall–Kier alpha value is 1.16. The van der Waals surface area contributed by atoms with Crippen LogP contribution in [-0.2, 0) is 0 Å². The Kier molecular flexibility index (Phi) is 43.0. The van der Waals surface area contributed by atoms with Crippen molar-refractivity contribution in [1.29, 1.82) is 0 Å². The molecule has 0 bridgehead atoms. The van der Waals surface area contributed by atoms with Gasteiger partial charge < -0.3 is 10.2 Å². The minimum absolute atomic E-state index is 0. The first-order valence-corrected chi connectivity index (χ1v) is 0.658. The first-order chi connectivity index (χ1) is 1.91. The molecule has 0 saturated carbocycles. The molecular formula is C2Na2O2. The molecule has 0 rings (SSSR count). The number of rotatable bonds is 0. The van der Waals surface area contributed by atoms with E-state index in [0.717, 1.165) is 12.2 Å². The second kappa shape index (κ2) is 16.4. The third kappa shape index (κ3) is 19.1. The van der Waals surface area contributed by atoms with Crippen molar-refractivity contribution < 1.29 is 69.3 Å². The topological polar surface area (TPSA) is 46.1 Å². The Morgan fingerprint density at radius 3 is 1.00 bits per heavy atom. The van der Waals surface area contributed by atoms with E-state index in [-0.39, 0.29) is 59.1 Å². The molecule has 0 aliphatic carbocycles. The molecule has 0 aliphatic rings. The zero-order chi connectivity index (χ0) is 3.41. The zero-order valence-corrected chi connectivity index (χ0v) is 7.82. The van der Waals surface area contributed by atoms with Gasteiger partial charge in [0.25, 0.3) is 0 Å². The van der Waals surface area contributed by atoms with Gasteiger partial charge in [0.2, 0.25) is 0 Å². The van der Waals surface area contributed by atoms with Crippen molar-refractivity contribution >= 4 is 0 Å². The molecule has 22 valence electrons. The van der Waals surface area contributed by atoms with Crippen LogP contribution < -0.4 is 69.3 Å². The maximum atomic E-state index is 8.62. The van der Waals surface area contributed by atoms with Crippen molar-refractivity contribution in [3.8, 4) is 12.2 Å². The van der Waals surface area contributed by atoms with Gasteiger partial charge in [-0.15, -0.1) is 0 Å². The Labute approximate surface area is 80.5 Å². The van der Waals surface area contributed by atoms with Crippen LogP contribution in [0.15, 0.2) is 0 Å². The summed E-state index contributed by atoms with van der Waals surface area (Å²) >= 11 is 0. The van der Waals surface area contributed by atoms with Gasteiger partial charge in [-0.2, -0.15) is 12.2 Å². The fourth-order valence-electron chi connectivity index (χ4n) is 0. The van der Waals surface area contributed by atoms with E-state index in [4.69, 9.17) is 10.2 Å². The van der Waals surface area contributed by atoms with E-state index < -0.39 is 0 Å². The van der Waals surface area contributed by atoms with E-state index in [1.807, 2.05) is 0 Å². The Balaban J connectivity index is -0.0000000450. The summed E-state index contributed by atoms with van der Waals surface area (Å²) in [6.07, 6.45) is 1.75. The molecule has 0 N–H and O–H groups in total. The molecule has 4 heteroatoms. The van der Waals surface area contributed by atoms with Crippen molar-refractivity contribution in [3.05, 3.63) is 0 Å². The standard InChI is InChI=1S/C2H2O2.2Na/c3-1-2-4;;/h3-4H;;/q;2*+1/p-2. The van der Waals surface area contributed by atoms with Gasteiger partial charge >= 0.3 is 59.1 Å². The van der Waals surface area contributed by atoms with Gasteiger partial charge in [0.15, 0.2) is 0 Å². The maximum absolute atomic E-state index is 8.62. The van der Waals surface area contributed by atoms with Crippen LogP contribution >= 0.6 is 0 Å². The minimum Gasteiger partial charge on any atom is -0.833 e. The molecule has 0 unspecified atom stereocenters. The second-order valence-corrected chi connectivity index (χ2v) is 0.204. The fourth-order valence-corrected chi connectivity index (χ4v) is 0. The van der Waals surface area contributed by atoms with Gasteiger partial charge in [-0.25, -0.2) is 0 Å². The van der Waals surface area contributed by atoms with Crippen LogP contribution in [0.4, 0.5) is 0 Å². The quantitative estimate of drug-likeness (QED) is 0.225. The maximum Gasteiger partial charge on any atom is 1.00 e. The molecule has 0 aliphatic heterocycles. The Morgan fingerprint density at radius 1 is 0.833 bits per heavy atom. The van der Waals surface area contributed by atoms with E-state index in [1.165, 1.54) is 0 Å². The molecule has 0 radical (unpaired) electrons. The van der Waals surface area contributed by atoms with Crippen LogP contribution in [0.3, 0.4) is 0 Å². The number of hydrogen-bond donors (Lipinski definition) is 0. The summed E-state index contributed by atoms with van der Waals surface area (Å²) in [6.45, 7) is 0. The van der Waals surface area contributed by atoms with E-state index in [9.17, 15) is 0 Å². The summed E-state index contributed by atoms with van der Waals surface area (Å²) in [7, 11) is 0. The molecule has 0 aromatic heterocycles. The van der Waals surface area contributed by atoms with Crippen molar-refractivity contribution in [2.75, 3.05) is 0 Å². The molecule has 0 aromatic carbocycles. The summed E-state index contributed by atoms with van der Waals surface area (Å²) in [5.41, 5.74) is 0. The summed E-state index contributed by atoms with van der Waals surface area (Å²) in [6, 6.07) is 0. The van der Waals surface area contributed by atoms with Crippen molar-refractivity contribution in [3.63, 3.8) is 0 Å². The van der Waals surface area contributed by atoms with Gasteiger partial charge in [-0.3, -0.25) is 0 Å². The summed E-state index contributed by atoms with van der Waals surface area (Å²) < 4.78 is 0. The molecule has 0 spiro atoms. The summed E-state index contributed by atoms with van der Waals surface area (Å²) in [5, 5.41) is 17.2. The Morgan fingerprint density at radius 2 is 1.00 bits per heavy atom. The van der Waals surface area contributed by atoms with Gasteiger partial charge in [-0.05, 0) is 0 Å². The van der Waals surface area contributed by atoms with Crippen LogP contribution in [0.25, 0.3) is 0 Å². The first-order valence-electron chi connectivity index (χ1n) is 0.658. The smallest absolute Gasteiger partial charge is 0.833 e. The van der Waals surface area contributed by atoms with Gasteiger partial charge in [-0.1, -0.05) is 0 Å². The summed E-state index contributed by atoms with van der Waals surface area (Å²) in [4.78, 5) is 0. The van der Waals surface area contributed by atoms with Gasteiger partial charge in [0, 0.05) is 0 Å². The summed E-state index contributed by atoms with van der Waals surface area (Å²) in [5.74, 6) is 0. The predicted molar refractivity (Wildman–Crippen MR) is 7.78 cm³/mol. The van der Waals surface area contributed by atoms with E-state index >= 15 is 0 Å². The van der Waals surface area contributed by atoms with Crippen molar-refractivity contribution in [2.45, 2.75) is 0 Å². The predicted octanol–water partition coefficient (Wildman–Crippen LogP) is -8.37. The SMILES string of the molecule is [Na+].[Na+].[O-]C#C[O-]. The third-order valence-corrected chi connectivity index (χ3v) is 0.0417. The van der Waals surface area contributed by atoms with Crippen LogP contribution in [0.5, 0.6) is 0 Å². The van der Waals surface area contributed by atoms with E-state index in [1.54, 1.807) is 0 Å². The molecule has 0 aromatic rings. The molecule has 2 nitrogen and oxygen atoms in total. The van der Waals surface area contributed by atoms with Crippen LogP contribution in [0, 0.1) is 12.2 Å². The molecule has 0 atom stereocenters. The minimum atomic E-state index is 0. The van der Waals surface area contributed by atoms with Gasteiger partial charge in [0.1, 0.15) is 0 Å². The first kappa shape index (κ1) is 15.7. The molecule has 0 saturated heterocycles. The largest absolute Gasteiger partial charge is 1.00 e. The van der Waals surface area contributed by atoms with Crippen LogP contribution in [0.2, 0.25) is 0 Å². The monoisotopic (exact) mass is 102 g/mol. The van der Waals surface area contributed by atoms with Crippen molar-refractivity contribution in [2.24, 2.45) is 0 Å². The van der Waals surface area contributed by atoms with Gasteiger partial charge in [0.05, 0.1) is 0 Å². The molecule has 6 heavy (non-hydrogen) atoms.